The van der Waals surface area contributed by atoms with Crippen molar-refractivity contribution in [2.75, 3.05) is 32.9 Å². The third-order valence-corrected chi connectivity index (χ3v) is 4.92. The zero-order valence-electron chi connectivity index (χ0n) is 13.2. The highest BCUT2D eigenvalue weighted by atomic mass is 16.5. The molecule has 2 aliphatic heterocycles. The maximum absolute atomic E-state index is 12.2. The highest BCUT2D eigenvalue weighted by Crippen LogP contribution is 2.31. The van der Waals surface area contributed by atoms with Crippen LogP contribution in [0.25, 0.3) is 0 Å². The molecule has 2 aliphatic rings. The molecule has 21 heavy (non-hydrogen) atoms. The highest BCUT2D eigenvalue weighted by molar-refractivity contribution is 5.74. The molecule has 2 N–H and O–H groups in total. The Kier molecular flexibility index (Phi) is 6.77. The van der Waals surface area contributed by atoms with Gasteiger partial charge >= 0.3 is 6.03 Å². The van der Waals surface area contributed by atoms with Gasteiger partial charge < -0.3 is 20.1 Å². The van der Waals surface area contributed by atoms with Crippen LogP contribution in [0.15, 0.2) is 0 Å². The third-order valence-electron chi connectivity index (χ3n) is 4.92. The molecule has 0 aromatic rings. The molecule has 0 aliphatic carbocycles. The summed E-state index contributed by atoms with van der Waals surface area (Å²) >= 11 is 0. The van der Waals surface area contributed by atoms with Gasteiger partial charge in [0.25, 0.3) is 0 Å². The number of rotatable bonds is 5. The number of urea groups is 1. The number of carbonyl (C=O) groups is 1. The number of amides is 2. The first kappa shape index (κ1) is 16.6. The lowest BCUT2D eigenvalue weighted by atomic mass is 9.80. The van der Waals surface area contributed by atoms with Gasteiger partial charge in [0.15, 0.2) is 0 Å². The molecular weight excluding hydrogens is 268 g/mol. The van der Waals surface area contributed by atoms with E-state index in [4.69, 9.17) is 9.84 Å². The molecule has 122 valence electrons. The van der Waals surface area contributed by atoms with Crippen LogP contribution in [0.5, 0.6) is 0 Å². The van der Waals surface area contributed by atoms with E-state index in [1.807, 2.05) is 11.8 Å². The lowest BCUT2D eigenvalue weighted by molar-refractivity contribution is 0.0335. The van der Waals surface area contributed by atoms with Crippen LogP contribution >= 0.6 is 0 Å². The Morgan fingerprint density at radius 1 is 1.24 bits per heavy atom. The van der Waals surface area contributed by atoms with Crippen LogP contribution < -0.4 is 5.32 Å². The van der Waals surface area contributed by atoms with Gasteiger partial charge in [-0.1, -0.05) is 0 Å². The summed E-state index contributed by atoms with van der Waals surface area (Å²) in [6.07, 6.45) is 6.21. The first-order valence-electron chi connectivity index (χ1n) is 8.44. The number of aliphatic hydroxyl groups is 1. The van der Waals surface area contributed by atoms with Crippen LogP contribution in [0.1, 0.15) is 45.4 Å². The van der Waals surface area contributed by atoms with Gasteiger partial charge in [-0.2, -0.15) is 0 Å². The number of carbonyl (C=O) groups excluding carboxylic acids is 1. The van der Waals surface area contributed by atoms with Crippen molar-refractivity contribution in [1.29, 1.82) is 0 Å². The fourth-order valence-corrected chi connectivity index (χ4v) is 3.53. The van der Waals surface area contributed by atoms with Crippen molar-refractivity contribution < 1.29 is 14.6 Å². The Morgan fingerprint density at radius 3 is 2.48 bits per heavy atom. The second kappa shape index (κ2) is 8.59. The number of piperidine rings is 1. The van der Waals surface area contributed by atoms with E-state index in [0.29, 0.717) is 0 Å². The molecule has 2 heterocycles. The van der Waals surface area contributed by atoms with Gasteiger partial charge in [0.1, 0.15) is 0 Å². The summed E-state index contributed by atoms with van der Waals surface area (Å²) in [6, 6.07) is 0.198. The fraction of sp³-hybridized carbons (Fsp3) is 0.938. The summed E-state index contributed by atoms with van der Waals surface area (Å²) < 4.78 is 5.43. The summed E-state index contributed by atoms with van der Waals surface area (Å²) in [7, 11) is 0. The number of nitrogens with one attached hydrogen (secondary N) is 1. The molecule has 2 fully saturated rings. The topological polar surface area (TPSA) is 61.8 Å². The minimum Gasteiger partial charge on any atom is -0.396 e. The normalized spacial score (nSPS) is 23.0. The monoisotopic (exact) mass is 298 g/mol. The number of ether oxygens (including phenoxy) is 1. The Bertz CT molecular complexity index is 311. The molecule has 5 heteroatoms. The second-order valence-corrected chi connectivity index (χ2v) is 6.49. The minimum atomic E-state index is 0.0610. The van der Waals surface area contributed by atoms with Gasteiger partial charge in [0, 0.05) is 39.0 Å². The molecule has 1 atom stereocenters. The Morgan fingerprint density at radius 2 is 1.86 bits per heavy atom. The first-order valence-corrected chi connectivity index (χ1v) is 8.44. The zero-order chi connectivity index (χ0) is 15.1. The van der Waals surface area contributed by atoms with Crippen LogP contribution in [0, 0.1) is 11.8 Å². The van der Waals surface area contributed by atoms with Crippen LogP contribution in [-0.4, -0.2) is 55.0 Å². The molecule has 0 spiro atoms. The molecule has 5 nitrogen and oxygen atoms in total. The lowest BCUT2D eigenvalue weighted by Gasteiger charge is -2.37. The molecule has 2 amide bonds. The Balaban J connectivity index is 1.69. The lowest BCUT2D eigenvalue weighted by Crippen LogP contribution is -2.48. The fourth-order valence-electron chi connectivity index (χ4n) is 3.53. The van der Waals surface area contributed by atoms with Crippen molar-refractivity contribution in [2.45, 2.75) is 51.5 Å². The summed E-state index contributed by atoms with van der Waals surface area (Å²) in [6.45, 7) is 5.77. The van der Waals surface area contributed by atoms with Crippen molar-refractivity contribution in [2.24, 2.45) is 11.8 Å². The molecule has 1 unspecified atom stereocenters. The van der Waals surface area contributed by atoms with Gasteiger partial charge in [-0.15, -0.1) is 0 Å². The quantitative estimate of drug-likeness (QED) is 0.816. The molecule has 0 aromatic heterocycles. The van der Waals surface area contributed by atoms with Gasteiger partial charge in [0.05, 0.1) is 0 Å². The number of hydrogen-bond acceptors (Lipinski definition) is 3. The summed E-state index contributed by atoms with van der Waals surface area (Å²) in [5.74, 6) is 1.57. The molecule has 0 bridgehead atoms. The SMILES string of the molecule is CC(CCCO)NC(=O)N1CCC(C2CCOCC2)CC1. The van der Waals surface area contributed by atoms with E-state index >= 15 is 0 Å². The van der Waals surface area contributed by atoms with Crippen LogP contribution in [0.4, 0.5) is 4.79 Å². The van der Waals surface area contributed by atoms with Crippen molar-refractivity contribution >= 4 is 6.03 Å². The standard InChI is InChI=1S/C16H30N2O3/c1-13(3-2-10-19)17-16(20)18-8-4-14(5-9-18)15-6-11-21-12-7-15/h13-15,19H,2-12H2,1H3,(H,17,20). The van der Waals surface area contributed by atoms with Crippen molar-refractivity contribution in [3.63, 3.8) is 0 Å². The van der Waals surface area contributed by atoms with Gasteiger partial charge in [-0.05, 0) is 57.3 Å². The zero-order valence-corrected chi connectivity index (χ0v) is 13.2. The van der Waals surface area contributed by atoms with E-state index in [1.54, 1.807) is 0 Å². The molecule has 0 aromatic carbocycles. The van der Waals surface area contributed by atoms with E-state index < -0.39 is 0 Å². The average molecular weight is 298 g/mol. The number of likely N-dealkylation sites (tertiary alicyclic amines) is 1. The number of hydrogen-bond donors (Lipinski definition) is 2. The van der Waals surface area contributed by atoms with Crippen molar-refractivity contribution in [1.82, 2.24) is 10.2 Å². The number of aliphatic hydroxyl groups excluding tert-OH is 1. The molecule has 0 saturated carbocycles. The average Bonchev–Trinajstić information content (AvgIpc) is 2.54. The molecule has 2 saturated heterocycles. The maximum Gasteiger partial charge on any atom is 0.317 e. The van der Waals surface area contributed by atoms with Gasteiger partial charge in [-0.3, -0.25) is 0 Å². The van der Waals surface area contributed by atoms with Gasteiger partial charge in [-0.25, -0.2) is 4.79 Å². The molecule has 0 radical (unpaired) electrons. The summed E-state index contributed by atoms with van der Waals surface area (Å²) in [5.41, 5.74) is 0. The third kappa shape index (κ3) is 5.15. The van der Waals surface area contributed by atoms with Crippen LogP contribution in [-0.2, 0) is 4.74 Å². The summed E-state index contributed by atoms with van der Waals surface area (Å²) in [4.78, 5) is 14.1. The Hall–Kier alpha value is -0.810. The highest BCUT2D eigenvalue weighted by Gasteiger charge is 2.29. The second-order valence-electron chi connectivity index (χ2n) is 6.49. The van der Waals surface area contributed by atoms with E-state index in [0.717, 1.165) is 63.8 Å². The van der Waals surface area contributed by atoms with Gasteiger partial charge in [0.2, 0.25) is 0 Å². The summed E-state index contributed by atoms with van der Waals surface area (Å²) in [5, 5.41) is 11.9. The number of nitrogens with zero attached hydrogens (tertiary/aromatic N) is 1. The molecular formula is C16H30N2O3. The largest absolute Gasteiger partial charge is 0.396 e. The first-order chi connectivity index (χ1) is 10.2. The van der Waals surface area contributed by atoms with E-state index in [1.165, 1.54) is 12.8 Å². The Labute approximate surface area is 128 Å². The minimum absolute atomic E-state index is 0.0610. The molecule has 2 rings (SSSR count). The van der Waals surface area contributed by atoms with Crippen LogP contribution in [0.3, 0.4) is 0 Å². The predicted molar refractivity (Wildman–Crippen MR) is 82.2 cm³/mol. The van der Waals surface area contributed by atoms with E-state index in [9.17, 15) is 4.79 Å². The van der Waals surface area contributed by atoms with Crippen molar-refractivity contribution in [3.8, 4) is 0 Å². The van der Waals surface area contributed by atoms with Crippen LogP contribution in [0.2, 0.25) is 0 Å². The van der Waals surface area contributed by atoms with E-state index in [2.05, 4.69) is 5.32 Å². The van der Waals surface area contributed by atoms with Crippen molar-refractivity contribution in [3.05, 3.63) is 0 Å². The smallest absolute Gasteiger partial charge is 0.317 e. The maximum atomic E-state index is 12.2. The predicted octanol–water partition coefficient (Wildman–Crippen LogP) is 2.00. The van der Waals surface area contributed by atoms with E-state index in [-0.39, 0.29) is 18.7 Å².